The van der Waals surface area contributed by atoms with Crippen LogP contribution in [0.15, 0.2) is 77.7 Å². The molecule has 5 nitrogen and oxygen atoms in total. The van der Waals surface area contributed by atoms with E-state index < -0.39 is 0 Å². The Bertz CT molecular complexity index is 1280. The summed E-state index contributed by atoms with van der Waals surface area (Å²) in [6, 6.07) is 19.6. The number of nitrogens with zero attached hydrogens (tertiary/aromatic N) is 3. The van der Waals surface area contributed by atoms with E-state index in [4.69, 9.17) is 9.72 Å². The lowest BCUT2D eigenvalue weighted by Crippen LogP contribution is -2.26. The van der Waals surface area contributed by atoms with Crippen LogP contribution in [0.4, 0.5) is 4.39 Å². The predicted octanol–water partition coefficient (Wildman–Crippen LogP) is 4.94. The van der Waals surface area contributed by atoms with Crippen molar-refractivity contribution in [3.8, 4) is 11.4 Å². The number of hydrogen-bond donors (Lipinski definition) is 0. The molecule has 2 aromatic heterocycles. The van der Waals surface area contributed by atoms with Gasteiger partial charge in [-0.15, -0.1) is 0 Å². The van der Waals surface area contributed by atoms with Gasteiger partial charge in [-0.2, -0.15) is 0 Å². The Hall–Kier alpha value is -3.51. The van der Waals surface area contributed by atoms with Crippen LogP contribution < -0.4 is 10.3 Å². The Morgan fingerprint density at radius 2 is 1.81 bits per heavy atom. The smallest absolute Gasteiger partial charge is 0.258 e. The average Bonchev–Trinajstić information content (AvgIpc) is 2.78. The van der Waals surface area contributed by atoms with Gasteiger partial charge in [0.2, 0.25) is 0 Å². The number of hydrogen-bond acceptors (Lipinski definition) is 4. The second-order valence-electron chi connectivity index (χ2n) is 8.17. The fourth-order valence-electron chi connectivity index (χ4n) is 3.34. The normalized spacial score (nSPS) is 11.4. The summed E-state index contributed by atoms with van der Waals surface area (Å²) < 4.78 is 20.3. The maximum Gasteiger partial charge on any atom is 0.258 e. The monoisotopic (exact) mass is 431 g/mol. The molecule has 0 atom stereocenters. The molecule has 0 bridgehead atoms. The molecule has 0 radical (unpaired) electrons. The van der Waals surface area contributed by atoms with Crippen LogP contribution in [0.1, 0.15) is 25.1 Å². The second-order valence-corrected chi connectivity index (χ2v) is 8.17. The largest absolute Gasteiger partial charge is 0.489 e. The topological polar surface area (TPSA) is 47.4 Å². The Kier molecular flexibility index (Phi) is 6.32. The molecule has 0 unspecified atom stereocenters. The highest BCUT2D eigenvalue weighted by Crippen LogP contribution is 2.19. The average molecular weight is 432 g/mol. The highest BCUT2D eigenvalue weighted by atomic mass is 19.1. The zero-order valence-corrected chi connectivity index (χ0v) is 18.5. The first-order valence-corrected chi connectivity index (χ1v) is 10.6. The van der Waals surface area contributed by atoms with E-state index in [9.17, 15) is 9.18 Å². The molecule has 0 aliphatic carbocycles. The third-order valence-electron chi connectivity index (χ3n) is 5.51. The molecule has 0 aliphatic rings. The summed E-state index contributed by atoms with van der Waals surface area (Å²) in [5.41, 5.74) is 3.32. The van der Waals surface area contributed by atoms with Gasteiger partial charge in [-0.3, -0.25) is 19.2 Å². The summed E-state index contributed by atoms with van der Waals surface area (Å²) in [7, 11) is 2.08. The van der Waals surface area contributed by atoms with Crippen molar-refractivity contribution in [2.24, 2.45) is 0 Å². The van der Waals surface area contributed by atoms with Crippen LogP contribution in [0, 0.1) is 5.82 Å². The molecule has 2 heterocycles. The van der Waals surface area contributed by atoms with E-state index in [0.29, 0.717) is 11.8 Å². The summed E-state index contributed by atoms with van der Waals surface area (Å²) in [5, 5.41) is 0.974. The standard InChI is InChI=1S/C26H26FN3O2/c1-18(2)29(3)16-22-9-6-20-14-23(10-11-25(20)28-22)30-13-12-24(15-26(30)31)32-17-19-4-7-21(27)8-5-19/h4-15,18H,16-17H2,1-3H3. The third kappa shape index (κ3) is 5.03. The fourth-order valence-corrected chi connectivity index (χ4v) is 3.34. The highest BCUT2D eigenvalue weighted by molar-refractivity contribution is 5.81. The van der Waals surface area contributed by atoms with Gasteiger partial charge in [-0.1, -0.05) is 18.2 Å². The Morgan fingerprint density at radius 3 is 2.53 bits per heavy atom. The molecule has 32 heavy (non-hydrogen) atoms. The molecule has 164 valence electrons. The molecule has 0 N–H and O–H groups in total. The molecule has 2 aromatic carbocycles. The fraction of sp³-hybridized carbons (Fsp3) is 0.231. The molecule has 0 fully saturated rings. The van der Waals surface area contributed by atoms with E-state index in [1.807, 2.05) is 30.3 Å². The molecule has 6 heteroatoms. The predicted molar refractivity (Wildman–Crippen MR) is 125 cm³/mol. The van der Waals surface area contributed by atoms with Crippen molar-refractivity contribution in [2.75, 3.05) is 7.05 Å². The lowest BCUT2D eigenvalue weighted by atomic mass is 10.1. The van der Waals surface area contributed by atoms with Crippen LogP contribution in [-0.4, -0.2) is 27.5 Å². The van der Waals surface area contributed by atoms with Gasteiger partial charge in [0.25, 0.3) is 5.56 Å². The number of pyridine rings is 2. The van der Waals surface area contributed by atoms with Gasteiger partial charge in [0.15, 0.2) is 0 Å². The van der Waals surface area contributed by atoms with Crippen LogP contribution in [-0.2, 0) is 13.2 Å². The summed E-state index contributed by atoms with van der Waals surface area (Å²) in [5.74, 6) is 0.179. The van der Waals surface area contributed by atoms with E-state index in [1.165, 1.54) is 18.2 Å². The van der Waals surface area contributed by atoms with E-state index in [0.717, 1.165) is 34.4 Å². The van der Waals surface area contributed by atoms with Crippen LogP contribution >= 0.6 is 0 Å². The van der Waals surface area contributed by atoms with Gasteiger partial charge < -0.3 is 4.74 Å². The van der Waals surface area contributed by atoms with Crippen LogP contribution in [0.25, 0.3) is 16.6 Å². The maximum absolute atomic E-state index is 13.0. The van der Waals surface area contributed by atoms with Crippen molar-refractivity contribution >= 4 is 10.9 Å². The van der Waals surface area contributed by atoms with Gasteiger partial charge in [-0.05, 0) is 68.9 Å². The first-order chi connectivity index (χ1) is 15.4. The molecule has 0 saturated carbocycles. The van der Waals surface area contributed by atoms with Crippen molar-refractivity contribution in [3.63, 3.8) is 0 Å². The third-order valence-corrected chi connectivity index (χ3v) is 5.51. The lowest BCUT2D eigenvalue weighted by Gasteiger charge is -2.20. The minimum Gasteiger partial charge on any atom is -0.489 e. The highest BCUT2D eigenvalue weighted by Gasteiger charge is 2.08. The van der Waals surface area contributed by atoms with Gasteiger partial charge in [-0.25, -0.2) is 4.39 Å². The first kappa shape index (κ1) is 21.7. The molecule has 4 rings (SSSR count). The van der Waals surface area contributed by atoms with Gasteiger partial charge in [0, 0.05) is 35.9 Å². The van der Waals surface area contributed by atoms with E-state index in [2.05, 4.69) is 25.8 Å². The zero-order valence-electron chi connectivity index (χ0n) is 18.5. The lowest BCUT2D eigenvalue weighted by molar-refractivity contribution is 0.263. The second kappa shape index (κ2) is 9.32. The number of rotatable bonds is 7. The number of fused-ring (bicyclic) bond motifs is 1. The summed E-state index contributed by atoms with van der Waals surface area (Å²) in [4.78, 5) is 19.7. The molecule has 0 aliphatic heterocycles. The van der Waals surface area contributed by atoms with E-state index in [-0.39, 0.29) is 18.0 Å². The molecule has 0 amide bonds. The van der Waals surface area contributed by atoms with Crippen molar-refractivity contribution in [1.82, 2.24) is 14.5 Å². The van der Waals surface area contributed by atoms with Crippen LogP contribution in [0.5, 0.6) is 5.75 Å². The van der Waals surface area contributed by atoms with Gasteiger partial charge >= 0.3 is 0 Å². The molecule has 0 spiro atoms. The van der Waals surface area contributed by atoms with Crippen molar-refractivity contribution in [1.29, 1.82) is 0 Å². The number of aromatic nitrogens is 2. The van der Waals surface area contributed by atoms with Gasteiger partial charge in [0.1, 0.15) is 18.2 Å². The van der Waals surface area contributed by atoms with Crippen LogP contribution in [0.3, 0.4) is 0 Å². The Labute approximate surface area is 186 Å². The van der Waals surface area contributed by atoms with E-state index in [1.54, 1.807) is 29.0 Å². The Balaban J connectivity index is 1.51. The van der Waals surface area contributed by atoms with Crippen molar-refractivity contribution in [2.45, 2.75) is 33.0 Å². The Morgan fingerprint density at radius 1 is 1.03 bits per heavy atom. The molecular weight excluding hydrogens is 405 g/mol. The maximum atomic E-state index is 13.0. The summed E-state index contributed by atoms with van der Waals surface area (Å²) >= 11 is 0. The zero-order chi connectivity index (χ0) is 22.7. The SMILES string of the molecule is CC(C)N(C)Cc1ccc2cc(-n3ccc(OCc4ccc(F)cc4)cc3=O)ccc2n1. The van der Waals surface area contributed by atoms with Crippen molar-refractivity contribution in [3.05, 3.63) is 100 Å². The number of benzene rings is 2. The summed E-state index contributed by atoms with van der Waals surface area (Å²) in [6.45, 7) is 5.36. The van der Waals surface area contributed by atoms with Crippen LogP contribution in [0.2, 0.25) is 0 Å². The number of halogens is 1. The summed E-state index contributed by atoms with van der Waals surface area (Å²) in [6.07, 6.45) is 1.70. The molecular formula is C26H26FN3O2. The first-order valence-electron chi connectivity index (χ1n) is 10.6. The minimum atomic E-state index is -0.291. The number of ether oxygens (including phenoxy) is 1. The molecule has 0 saturated heterocycles. The van der Waals surface area contributed by atoms with Crippen molar-refractivity contribution < 1.29 is 9.13 Å². The quantitative estimate of drug-likeness (QED) is 0.416. The van der Waals surface area contributed by atoms with E-state index >= 15 is 0 Å². The van der Waals surface area contributed by atoms with Gasteiger partial charge in [0.05, 0.1) is 11.2 Å². The molecule has 4 aromatic rings. The minimum absolute atomic E-state index is 0.191.